The Bertz CT molecular complexity index is 2040. The number of aryl methyl sites for hydroxylation is 2. The standard InChI is InChI=1S/C24H33N5O.C20H23N5O.C2H6/c1-2-3-4-10-22-26-23(25)21-14-20(30)17-29(24(21)27-22)16-19-9-7-8-18(13-19)15-28-11-5-6-12-28;1-2-3-4-8-18-23-19(22)17-10-16(26)13-25(20(17)24-18)12-15-7-5-6-14(9-15)11-21;1-2/h7-9,13H,2-6,10-12,14-17H2,1H3,(H2,25,26,27);5-7,9H,2-4,8,10,12-13H2,1H3,(H2,22,23,24);1-2H3. The summed E-state index contributed by atoms with van der Waals surface area (Å²) in [7, 11) is 0. The summed E-state index contributed by atoms with van der Waals surface area (Å²) in [6.45, 7) is 13.6. The van der Waals surface area contributed by atoms with Gasteiger partial charge in [0.2, 0.25) is 0 Å². The van der Waals surface area contributed by atoms with Crippen LogP contribution < -0.4 is 21.3 Å². The predicted octanol–water partition coefficient (Wildman–Crippen LogP) is 7.34. The predicted molar refractivity (Wildman–Crippen MR) is 232 cm³/mol. The van der Waals surface area contributed by atoms with Crippen LogP contribution in [0.15, 0.2) is 48.5 Å². The minimum atomic E-state index is 0.1000. The van der Waals surface area contributed by atoms with Gasteiger partial charge in [-0.15, -0.1) is 0 Å². The highest BCUT2D eigenvalue weighted by atomic mass is 16.1. The average molecular weight is 787 g/mol. The molecular formula is C46H62N10O2. The number of hydrogen-bond donors (Lipinski definition) is 2. The van der Waals surface area contributed by atoms with E-state index in [-0.39, 0.29) is 18.0 Å². The number of nitriles is 1. The van der Waals surface area contributed by atoms with E-state index in [4.69, 9.17) is 26.7 Å². The number of benzene rings is 2. The van der Waals surface area contributed by atoms with Gasteiger partial charge in [0.15, 0.2) is 11.6 Å². The second-order valence-corrected chi connectivity index (χ2v) is 15.3. The van der Waals surface area contributed by atoms with Crippen molar-refractivity contribution in [2.75, 3.05) is 47.4 Å². The van der Waals surface area contributed by atoms with Gasteiger partial charge in [0.25, 0.3) is 0 Å². The van der Waals surface area contributed by atoms with Crippen molar-refractivity contribution in [2.45, 2.75) is 124 Å². The lowest BCUT2D eigenvalue weighted by atomic mass is 10.0. The molecule has 3 aliphatic rings. The molecular weight excluding hydrogens is 725 g/mol. The molecule has 0 saturated carbocycles. The van der Waals surface area contributed by atoms with Crippen molar-refractivity contribution < 1.29 is 9.59 Å². The molecule has 12 heteroatoms. The summed E-state index contributed by atoms with van der Waals surface area (Å²) in [5.74, 6) is 4.27. The highest BCUT2D eigenvalue weighted by Crippen LogP contribution is 2.31. The number of nitrogens with two attached hydrogens (primary N) is 2. The van der Waals surface area contributed by atoms with Crippen molar-refractivity contribution in [1.29, 1.82) is 5.26 Å². The van der Waals surface area contributed by atoms with Crippen molar-refractivity contribution >= 4 is 34.8 Å². The maximum Gasteiger partial charge on any atom is 0.156 e. The number of carbonyl (C=O) groups is 2. The van der Waals surface area contributed by atoms with Crippen molar-refractivity contribution in [1.82, 2.24) is 24.8 Å². The van der Waals surface area contributed by atoms with Crippen LogP contribution in [0.1, 0.15) is 124 Å². The topological polar surface area (TPSA) is 171 Å². The van der Waals surface area contributed by atoms with E-state index in [1.54, 1.807) is 6.07 Å². The van der Waals surface area contributed by atoms with Gasteiger partial charge in [-0.25, -0.2) is 19.9 Å². The highest BCUT2D eigenvalue weighted by molar-refractivity contribution is 5.91. The van der Waals surface area contributed by atoms with Crippen LogP contribution in [0.4, 0.5) is 23.3 Å². The molecule has 4 N–H and O–H groups in total. The lowest BCUT2D eigenvalue weighted by Crippen LogP contribution is -2.37. The molecule has 2 aromatic carbocycles. The fraction of sp³-hybridized carbons (Fsp3) is 0.500. The summed E-state index contributed by atoms with van der Waals surface area (Å²) >= 11 is 0. The number of aromatic nitrogens is 4. The van der Waals surface area contributed by atoms with Crippen molar-refractivity contribution in [3.05, 3.63) is 93.6 Å². The zero-order valence-corrected chi connectivity index (χ0v) is 35.1. The molecule has 0 radical (unpaired) electrons. The Morgan fingerprint density at radius 3 is 1.60 bits per heavy atom. The second kappa shape index (κ2) is 21.9. The monoisotopic (exact) mass is 787 g/mol. The molecule has 0 bridgehead atoms. The quantitative estimate of drug-likeness (QED) is 0.122. The van der Waals surface area contributed by atoms with Crippen LogP contribution in [0.3, 0.4) is 0 Å². The van der Waals surface area contributed by atoms with Gasteiger partial charge in [-0.2, -0.15) is 5.26 Å². The number of Topliss-reactive ketones (excluding diaryl/α,β-unsaturated/α-hetero) is 2. The number of unbranched alkanes of at least 4 members (excludes halogenated alkanes) is 4. The van der Waals surface area contributed by atoms with E-state index < -0.39 is 0 Å². The minimum Gasteiger partial charge on any atom is -0.383 e. The molecule has 0 atom stereocenters. The third-order valence-electron chi connectivity index (χ3n) is 10.6. The summed E-state index contributed by atoms with van der Waals surface area (Å²) in [5.41, 5.74) is 18.0. The zero-order valence-electron chi connectivity index (χ0n) is 35.1. The maximum atomic E-state index is 12.4. The number of rotatable bonds is 14. The largest absolute Gasteiger partial charge is 0.383 e. The fourth-order valence-electron chi connectivity index (χ4n) is 7.77. The molecule has 308 valence electrons. The Hall–Kier alpha value is -5.41. The number of hydrogen-bond acceptors (Lipinski definition) is 12. The van der Waals surface area contributed by atoms with Gasteiger partial charge in [0, 0.05) is 56.4 Å². The Morgan fingerprint density at radius 2 is 1.12 bits per heavy atom. The van der Waals surface area contributed by atoms with Gasteiger partial charge >= 0.3 is 0 Å². The van der Waals surface area contributed by atoms with E-state index in [0.717, 1.165) is 97.9 Å². The molecule has 1 fully saturated rings. The first-order chi connectivity index (χ1) is 28.2. The van der Waals surface area contributed by atoms with Gasteiger partial charge in [-0.1, -0.05) is 89.8 Å². The maximum absolute atomic E-state index is 12.4. The number of anilines is 4. The van der Waals surface area contributed by atoms with E-state index in [0.29, 0.717) is 49.8 Å². The Labute approximate surface area is 345 Å². The number of fused-ring (bicyclic) bond motifs is 2. The van der Waals surface area contributed by atoms with Crippen LogP contribution in [-0.4, -0.2) is 62.6 Å². The fourth-order valence-corrected chi connectivity index (χ4v) is 7.77. The number of nitrogens with zero attached hydrogens (tertiary/aromatic N) is 8. The van der Waals surface area contributed by atoms with Crippen LogP contribution in [0.25, 0.3) is 0 Å². The average Bonchev–Trinajstić information content (AvgIpc) is 3.73. The molecule has 0 spiro atoms. The molecule has 3 aliphatic heterocycles. The van der Waals surface area contributed by atoms with Crippen molar-refractivity contribution in [2.24, 2.45) is 0 Å². The van der Waals surface area contributed by atoms with E-state index in [1.807, 2.05) is 36.9 Å². The van der Waals surface area contributed by atoms with Crippen LogP contribution in [-0.2, 0) is 54.9 Å². The van der Waals surface area contributed by atoms with Crippen LogP contribution in [0.2, 0.25) is 0 Å². The molecule has 0 aliphatic carbocycles. The van der Waals surface area contributed by atoms with Crippen LogP contribution in [0, 0.1) is 11.3 Å². The van der Waals surface area contributed by atoms with Gasteiger partial charge in [-0.3, -0.25) is 14.5 Å². The zero-order chi connectivity index (χ0) is 41.4. The number of carbonyl (C=O) groups excluding carboxylic acids is 2. The van der Waals surface area contributed by atoms with E-state index >= 15 is 0 Å². The van der Waals surface area contributed by atoms with Gasteiger partial charge in [0.05, 0.1) is 24.7 Å². The Kier molecular flexibility index (Phi) is 16.5. The smallest absolute Gasteiger partial charge is 0.156 e. The van der Waals surface area contributed by atoms with Crippen molar-refractivity contribution in [3.8, 4) is 6.07 Å². The molecule has 1 saturated heterocycles. The Balaban J connectivity index is 0.000000214. The first-order valence-electron chi connectivity index (χ1n) is 21.4. The summed E-state index contributed by atoms with van der Waals surface area (Å²) in [5, 5.41) is 9.09. The van der Waals surface area contributed by atoms with Gasteiger partial charge in [0.1, 0.15) is 34.9 Å². The molecule has 0 unspecified atom stereocenters. The lowest BCUT2D eigenvalue weighted by Gasteiger charge is -2.30. The first-order valence-corrected chi connectivity index (χ1v) is 21.4. The minimum absolute atomic E-state index is 0.1000. The van der Waals surface area contributed by atoms with Crippen molar-refractivity contribution in [3.63, 3.8) is 0 Å². The SMILES string of the molecule is CC.CCCCCc1nc(N)c2c(n1)N(Cc1cccc(C#N)c1)CC(=O)C2.CCCCCc1nc(N)c2c(n1)N(Cc1cccc(CN3CCCC3)c1)CC(=O)C2. The number of likely N-dealkylation sites (tertiary alicyclic amines) is 1. The molecule has 4 aromatic rings. The van der Waals surface area contributed by atoms with Gasteiger partial charge < -0.3 is 21.3 Å². The summed E-state index contributed by atoms with van der Waals surface area (Å²) in [6, 6.07) is 18.3. The van der Waals surface area contributed by atoms with E-state index in [1.165, 1.54) is 37.1 Å². The molecule has 7 rings (SSSR count). The second-order valence-electron chi connectivity index (χ2n) is 15.3. The highest BCUT2D eigenvalue weighted by Gasteiger charge is 2.29. The number of ketones is 2. The first kappa shape index (κ1) is 43.7. The third-order valence-corrected chi connectivity index (χ3v) is 10.6. The molecule has 2 aromatic heterocycles. The summed E-state index contributed by atoms with van der Waals surface area (Å²) in [4.78, 5) is 49.6. The number of nitrogen functional groups attached to an aromatic ring is 2. The van der Waals surface area contributed by atoms with Gasteiger partial charge in [-0.05, 0) is 67.6 Å². The summed E-state index contributed by atoms with van der Waals surface area (Å²) < 4.78 is 0. The van der Waals surface area contributed by atoms with Crippen LogP contribution in [0.5, 0.6) is 0 Å². The Morgan fingerprint density at radius 1 is 0.655 bits per heavy atom. The normalized spacial score (nSPS) is 14.8. The van der Waals surface area contributed by atoms with E-state index in [9.17, 15) is 9.59 Å². The summed E-state index contributed by atoms with van der Waals surface area (Å²) in [6.07, 6.45) is 11.5. The molecule has 5 heterocycles. The van der Waals surface area contributed by atoms with E-state index in [2.05, 4.69) is 63.9 Å². The van der Waals surface area contributed by atoms with Crippen LogP contribution >= 0.6 is 0 Å². The molecule has 12 nitrogen and oxygen atoms in total. The third kappa shape index (κ3) is 12.1. The lowest BCUT2D eigenvalue weighted by molar-refractivity contribution is -0.118. The molecule has 0 amide bonds. The molecule has 58 heavy (non-hydrogen) atoms.